The average molecular weight is 400 g/mol. The highest BCUT2D eigenvalue weighted by Crippen LogP contribution is 2.56. The number of imidazole rings is 1. The number of piperidine rings is 1. The summed E-state index contributed by atoms with van der Waals surface area (Å²) in [6, 6.07) is 9.33. The Labute approximate surface area is 172 Å². The number of nitrogens with zero attached hydrogens (tertiary/aromatic N) is 4. The lowest BCUT2D eigenvalue weighted by Gasteiger charge is -2.29. The van der Waals surface area contributed by atoms with Crippen LogP contribution in [-0.2, 0) is 13.1 Å². The third kappa shape index (κ3) is 3.78. The molecule has 1 spiro atoms. The zero-order valence-corrected chi connectivity index (χ0v) is 16.9. The van der Waals surface area contributed by atoms with Crippen molar-refractivity contribution in [3.05, 3.63) is 53.6 Å². The van der Waals surface area contributed by atoms with E-state index >= 15 is 0 Å². The first-order valence-corrected chi connectivity index (χ1v) is 9.69. The van der Waals surface area contributed by atoms with Gasteiger partial charge in [-0.2, -0.15) is 5.26 Å². The number of hydrogen-bond donors (Lipinski definition) is 1. The zero-order valence-electron chi connectivity index (χ0n) is 16.1. The second-order valence-electron chi connectivity index (χ2n) is 7.58. The van der Waals surface area contributed by atoms with E-state index in [1.54, 1.807) is 30.5 Å². The summed E-state index contributed by atoms with van der Waals surface area (Å²) in [5, 5.41) is 12.4. The summed E-state index contributed by atoms with van der Waals surface area (Å²) < 4.78 is 2.09. The number of carbonyl (C=O) groups excluding carboxylic acids is 1. The van der Waals surface area contributed by atoms with Crippen LogP contribution in [0.5, 0.6) is 0 Å². The minimum atomic E-state index is 0. The van der Waals surface area contributed by atoms with E-state index in [4.69, 9.17) is 5.26 Å². The average Bonchev–Trinajstić information content (AvgIpc) is 3.19. The molecule has 0 radical (unpaired) electrons. The molecule has 7 heteroatoms. The monoisotopic (exact) mass is 399 g/mol. The molecule has 2 heterocycles. The minimum Gasteiger partial charge on any atom is -0.334 e. The molecule has 1 atom stereocenters. The van der Waals surface area contributed by atoms with E-state index in [-0.39, 0.29) is 29.8 Å². The summed E-state index contributed by atoms with van der Waals surface area (Å²) >= 11 is 0. The van der Waals surface area contributed by atoms with Gasteiger partial charge in [0.25, 0.3) is 5.91 Å². The third-order valence-corrected chi connectivity index (χ3v) is 6.10. The van der Waals surface area contributed by atoms with E-state index < -0.39 is 0 Å². The van der Waals surface area contributed by atoms with Gasteiger partial charge in [-0.15, -0.1) is 12.4 Å². The molecule has 1 aliphatic carbocycles. The van der Waals surface area contributed by atoms with Gasteiger partial charge in [-0.1, -0.05) is 0 Å². The molecule has 1 amide bonds. The van der Waals surface area contributed by atoms with Gasteiger partial charge in [0, 0.05) is 30.5 Å². The van der Waals surface area contributed by atoms with Gasteiger partial charge in [0.2, 0.25) is 0 Å². The van der Waals surface area contributed by atoms with Crippen molar-refractivity contribution in [2.45, 2.75) is 45.3 Å². The molecule has 28 heavy (non-hydrogen) atoms. The van der Waals surface area contributed by atoms with Crippen molar-refractivity contribution >= 4 is 18.3 Å². The minimum absolute atomic E-state index is 0. The highest BCUT2D eigenvalue weighted by atomic mass is 35.5. The van der Waals surface area contributed by atoms with Gasteiger partial charge in [0.1, 0.15) is 5.82 Å². The summed E-state index contributed by atoms with van der Waals surface area (Å²) in [5.74, 6) is 0.959. The first kappa shape index (κ1) is 20.4. The SMILES string of the molecule is CCn1ccnc1CN(C(=O)c1ccc(C#N)cc1)C1CC12CCNCC2.Cl. The van der Waals surface area contributed by atoms with Crippen LogP contribution in [0, 0.1) is 16.7 Å². The molecule has 1 aromatic heterocycles. The molecular weight excluding hydrogens is 374 g/mol. The Morgan fingerprint density at radius 1 is 1.36 bits per heavy atom. The smallest absolute Gasteiger partial charge is 0.254 e. The van der Waals surface area contributed by atoms with Crippen molar-refractivity contribution in [2.24, 2.45) is 5.41 Å². The first-order valence-electron chi connectivity index (χ1n) is 9.69. The Morgan fingerprint density at radius 3 is 2.71 bits per heavy atom. The maximum absolute atomic E-state index is 13.4. The first-order chi connectivity index (χ1) is 13.2. The summed E-state index contributed by atoms with van der Waals surface area (Å²) in [5.41, 5.74) is 1.47. The van der Waals surface area contributed by atoms with Crippen LogP contribution < -0.4 is 5.32 Å². The topological polar surface area (TPSA) is 74.0 Å². The third-order valence-electron chi connectivity index (χ3n) is 6.10. The van der Waals surface area contributed by atoms with Gasteiger partial charge in [-0.3, -0.25) is 4.79 Å². The predicted molar refractivity (Wildman–Crippen MR) is 109 cm³/mol. The molecule has 4 rings (SSSR count). The van der Waals surface area contributed by atoms with Crippen LogP contribution in [0.15, 0.2) is 36.7 Å². The number of amides is 1. The molecule has 1 aliphatic heterocycles. The molecule has 1 unspecified atom stereocenters. The molecule has 1 saturated carbocycles. The Bertz CT molecular complexity index is 864. The predicted octanol–water partition coefficient (Wildman–Crippen LogP) is 2.98. The Morgan fingerprint density at radius 2 is 2.07 bits per heavy atom. The van der Waals surface area contributed by atoms with E-state index in [0.717, 1.165) is 44.7 Å². The highest BCUT2D eigenvalue weighted by Gasteiger charge is 2.57. The second-order valence-corrected chi connectivity index (χ2v) is 7.58. The number of halogens is 1. The van der Waals surface area contributed by atoms with E-state index in [0.29, 0.717) is 17.7 Å². The van der Waals surface area contributed by atoms with E-state index in [1.807, 2.05) is 11.1 Å². The number of nitrogens with one attached hydrogen (secondary N) is 1. The van der Waals surface area contributed by atoms with Crippen LogP contribution in [0.2, 0.25) is 0 Å². The molecule has 1 saturated heterocycles. The normalized spacial score (nSPS) is 19.5. The lowest BCUT2D eigenvalue weighted by atomic mass is 9.93. The fourth-order valence-corrected chi connectivity index (χ4v) is 4.34. The van der Waals surface area contributed by atoms with E-state index in [9.17, 15) is 4.79 Å². The van der Waals surface area contributed by atoms with Crippen LogP contribution in [-0.4, -0.2) is 39.5 Å². The van der Waals surface area contributed by atoms with Gasteiger partial charge in [-0.05, 0) is 69.0 Å². The molecule has 2 aromatic rings. The number of hydrogen-bond acceptors (Lipinski definition) is 4. The lowest BCUT2D eigenvalue weighted by Crippen LogP contribution is -2.39. The number of aryl methyl sites for hydroxylation is 1. The molecule has 6 nitrogen and oxygen atoms in total. The quantitative estimate of drug-likeness (QED) is 0.838. The standard InChI is InChI=1S/C21H25N5O.ClH/c1-2-25-12-11-24-19(25)15-26(18-13-21(18)7-9-23-10-8-21)20(27)17-5-3-16(14-22)4-6-17;/h3-6,11-12,18,23H,2,7-10,13,15H2,1H3;1H. The summed E-state index contributed by atoms with van der Waals surface area (Å²) in [4.78, 5) is 19.9. The summed E-state index contributed by atoms with van der Waals surface area (Å²) in [7, 11) is 0. The van der Waals surface area contributed by atoms with Crippen LogP contribution >= 0.6 is 12.4 Å². The van der Waals surface area contributed by atoms with Crippen molar-refractivity contribution < 1.29 is 4.79 Å². The second kappa shape index (κ2) is 8.34. The Hall–Kier alpha value is -2.36. The lowest BCUT2D eigenvalue weighted by molar-refractivity contribution is 0.0685. The molecule has 2 fully saturated rings. The van der Waals surface area contributed by atoms with Gasteiger partial charge >= 0.3 is 0 Å². The van der Waals surface area contributed by atoms with Crippen molar-refractivity contribution in [1.29, 1.82) is 5.26 Å². The van der Waals surface area contributed by atoms with Crippen LogP contribution in [0.25, 0.3) is 0 Å². The van der Waals surface area contributed by atoms with Crippen molar-refractivity contribution in [2.75, 3.05) is 13.1 Å². The van der Waals surface area contributed by atoms with Crippen molar-refractivity contribution in [3.8, 4) is 6.07 Å². The largest absolute Gasteiger partial charge is 0.334 e. The van der Waals surface area contributed by atoms with Crippen molar-refractivity contribution in [1.82, 2.24) is 19.8 Å². The van der Waals surface area contributed by atoms with Crippen LogP contribution in [0.4, 0.5) is 0 Å². The van der Waals surface area contributed by atoms with E-state index in [1.165, 1.54) is 0 Å². The number of carbonyl (C=O) groups is 1. The molecule has 148 valence electrons. The van der Waals surface area contributed by atoms with Gasteiger partial charge in [-0.25, -0.2) is 4.98 Å². The fraction of sp³-hybridized carbons (Fsp3) is 0.476. The van der Waals surface area contributed by atoms with Gasteiger partial charge in [0.15, 0.2) is 0 Å². The Balaban J connectivity index is 0.00000225. The van der Waals surface area contributed by atoms with E-state index in [2.05, 4.69) is 27.9 Å². The maximum Gasteiger partial charge on any atom is 0.254 e. The molecule has 1 N–H and O–H groups in total. The highest BCUT2D eigenvalue weighted by molar-refractivity contribution is 5.94. The molecule has 2 aliphatic rings. The summed E-state index contributed by atoms with van der Waals surface area (Å²) in [6.07, 6.45) is 7.08. The van der Waals surface area contributed by atoms with Gasteiger partial charge in [0.05, 0.1) is 18.2 Å². The fourth-order valence-electron chi connectivity index (χ4n) is 4.34. The molecule has 1 aromatic carbocycles. The molecular formula is C21H26ClN5O. The summed E-state index contributed by atoms with van der Waals surface area (Å²) in [6.45, 7) is 5.51. The zero-order chi connectivity index (χ0) is 18.9. The number of benzene rings is 1. The maximum atomic E-state index is 13.4. The van der Waals surface area contributed by atoms with Gasteiger partial charge < -0.3 is 14.8 Å². The van der Waals surface area contributed by atoms with Crippen molar-refractivity contribution in [3.63, 3.8) is 0 Å². The number of rotatable bonds is 5. The van der Waals surface area contributed by atoms with Crippen LogP contribution in [0.1, 0.15) is 47.9 Å². The van der Waals surface area contributed by atoms with Crippen LogP contribution in [0.3, 0.4) is 0 Å². The molecule has 0 bridgehead atoms. The number of aromatic nitrogens is 2. The number of nitriles is 1. The Kier molecular flexibility index (Phi) is 6.07.